The highest BCUT2D eigenvalue weighted by atomic mass is 16.6. The molecule has 0 bridgehead atoms. The minimum atomic E-state index is -0.449. The molecule has 0 aromatic heterocycles. The molecule has 0 heterocycles. The van der Waals surface area contributed by atoms with Crippen LogP contribution in [0, 0.1) is 5.92 Å². The number of nitrogens with one attached hydrogen (secondary N) is 1. The Morgan fingerprint density at radius 1 is 1.36 bits per heavy atom. The van der Waals surface area contributed by atoms with Crippen molar-refractivity contribution in [1.29, 1.82) is 0 Å². The van der Waals surface area contributed by atoms with Crippen molar-refractivity contribution in [2.24, 2.45) is 5.92 Å². The molecule has 0 fully saturated rings. The Kier molecular flexibility index (Phi) is 7.20. The first kappa shape index (κ1) is 13.2. The fourth-order valence-electron chi connectivity index (χ4n) is 1.04. The van der Waals surface area contributed by atoms with Gasteiger partial charge in [-0.25, -0.2) is 4.79 Å². The lowest BCUT2D eigenvalue weighted by Crippen LogP contribution is -2.33. The topological polar surface area (TPSA) is 58.6 Å². The van der Waals surface area contributed by atoms with Crippen LogP contribution in [0.1, 0.15) is 33.6 Å². The number of amides is 1. The fourth-order valence-corrected chi connectivity index (χ4v) is 1.04. The Labute approximate surface area is 85.6 Å². The van der Waals surface area contributed by atoms with Crippen molar-refractivity contribution in [1.82, 2.24) is 5.32 Å². The fraction of sp³-hybridized carbons (Fsp3) is 0.900. The lowest BCUT2D eigenvalue weighted by atomic mass is 10.0. The van der Waals surface area contributed by atoms with E-state index in [-0.39, 0.29) is 19.3 Å². The number of hydrogen-bond donors (Lipinski definition) is 2. The van der Waals surface area contributed by atoms with Gasteiger partial charge in [-0.1, -0.05) is 13.8 Å². The molecule has 4 heteroatoms. The molecule has 1 unspecified atom stereocenters. The van der Waals surface area contributed by atoms with Crippen LogP contribution in [0.3, 0.4) is 0 Å². The molecule has 0 aliphatic rings. The van der Waals surface area contributed by atoms with Crippen LogP contribution in [0.4, 0.5) is 4.79 Å². The number of rotatable bonds is 6. The van der Waals surface area contributed by atoms with Crippen LogP contribution in [0.25, 0.3) is 0 Å². The van der Waals surface area contributed by atoms with Crippen LogP contribution in [-0.2, 0) is 4.74 Å². The Morgan fingerprint density at radius 3 is 2.50 bits per heavy atom. The van der Waals surface area contributed by atoms with Gasteiger partial charge in [-0.15, -0.1) is 0 Å². The largest absolute Gasteiger partial charge is 0.447 e. The first-order chi connectivity index (χ1) is 6.56. The highest BCUT2D eigenvalue weighted by Gasteiger charge is 2.08. The SMILES string of the molecule is CC(C)CCC(C)NC(=O)OCCO. The van der Waals surface area contributed by atoms with E-state index in [1.807, 2.05) is 6.92 Å². The Balaban J connectivity index is 3.50. The lowest BCUT2D eigenvalue weighted by molar-refractivity contribution is 0.116. The second-order valence-corrected chi connectivity index (χ2v) is 3.88. The van der Waals surface area contributed by atoms with Gasteiger partial charge in [0.05, 0.1) is 6.61 Å². The normalized spacial score (nSPS) is 12.6. The number of ether oxygens (including phenoxy) is 1. The summed E-state index contributed by atoms with van der Waals surface area (Å²) in [5, 5.41) is 11.1. The quantitative estimate of drug-likeness (QED) is 0.688. The van der Waals surface area contributed by atoms with Crippen LogP contribution in [-0.4, -0.2) is 30.5 Å². The summed E-state index contributed by atoms with van der Waals surface area (Å²) in [6.45, 7) is 6.17. The minimum Gasteiger partial charge on any atom is -0.447 e. The maximum absolute atomic E-state index is 11.0. The van der Waals surface area contributed by atoms with Gasteiger partial charge in [0.25, 0.3) is 0 Å². The van der Waals surface area contributed by atoms with Crippen molar-refractivity contribution in [3.63, 3.8) is 0 Å². The van der Waals surface area contributed by atoms with Gasteiger partial charge in [0.15, 0.2) is 0 Å². The second-order valence-electron chi connectivity index (χ2n) is 3.88. The van der Waals surface area contributed by atoms with E-state index in [0.717, 1.165) is 12.8 Å². The van der Waals surface area contributed by atoms with E-state index in [1.54, 1.807) is 0 Å². The third-order valence-corrected chi connectivity index (χ3v) is 1.87. The standard InChI is InChI=1S/C10H21NO3/c1-8(2)4-5-9(3)11-10(13)14-7-6-12/h8-9,12H,4-7H2,1-3H3,(H,11,13). The predicted molar refractivity (Wildman–Crippen MR) is 55.1 cm³/mol. The summed E-state index contributed by atoms with van der Waals surface area (Å²) in [6, 6.07) is 0.128. The highest BCUT2D eigenvalue weighted by molar-refractivity contribution is 5.67. The molecule has 14 heavy (non-hydrogen) atoms. The lowest BCUT2D eigenvalue weighted by Gasteiger charge is -2.14. The zero-order valence-corrected chi connectivity index (χ0v) is 9.25. The van der Waals surface area contributed by atoms with Crippen molar-refractivity contribution >= 4 is 6.09 Å². The van der Waals surface area contributed by atoms with E-state index in [2.05, 4.69) is 23.9 Å². The first-order valence-corrected chi connectivity index (χ1v) is 5.10. The smallest absolute Gasteiger partial charge is 0.407 e. The second kappa shape index (κ2) is 7.62. The maximum atomic E-state index is 11.0. The summed E-state index contributed by atoms with van der Waals surface area (Å²) in [4.78, 5) is 11.0. The molecule has 0 saturated carbocycles. The Morgan fingerprint density at radius 2 is 2.00 bits per heavy atom. The third kappa shape index (κ3) is 7.86. The molecular formula is C10H21NO3. The van der Waals surface area contributed by atoms with Gasteiger partial charge in [0.1, 0.15) is 6.61 Å². The number of alkyl carbamates (subject to hydrolysis) is 1. The van der Waals surface area contributed by atoms with Crippen LogP contribution >= 0.6 is 0 Å². The third-order valence-electron chi connectivity index (χ3n) is 1.87. The average Bonchev–Trinajstić information content (AvgIpc) is 2.11. The highest BCUT2D eigenvalue weighted by Crippen LogP contribution is 2.06. The van der Waals surface area contributed by atoms with E-state index in [0.29, 0.717) is 5.92 Å². The van der Waals surface area contributed by atoms with Crippen molar-refractivity contribution in [3.05, 3.63) is 0 Å². The van der Waals surface area contributed by atoms with Crippen LogP contribution in [0.2, 0.25) is 0 Å². The molecule has 0 radical (unpaired) electrons. The van der Waals surface area contributed by atoms with Gasteiger partial charge in [-0.05, 0) is 25.7 Å². The van der Waals surface area contributed by atoms with Crippen molar-refractivity contribution in [3.8, 4) is 0 Å². The molecule has 0 rings (SSSR count). The summed E-state index contributed by atoms with van der Waals surface area (Å²) in [5.74, 6) is 0.646. The van der Waals surface area contributed by atoms with Crippen LogP contribution in [0.15, 0.2) is 0 Å². The first-order valence-electron chi connectivity index (χ1n) is 5.10. The monoisotopic (exact) mass is 203 g/mol. The van der Waals surface area contributed by atoms with Crippen LogP contribution in [0.5, 0.6) is 0 Å². The number of aliphatic hydroxyl groups is 1. The summed E-state index contributed by atoms with van der Waals surface area (Å²) in [5.41, 5.74) is 0. The van der Waals surface area contributed by atoms with Gasteiger partial charge in [0.2, 0.25) is 0 Å². The molecule has 4 nitrogen and oxygen atoms in total. The van der Waals surface area contributed by atoms with Gasteiger partial charge in [-0.2, -0.15) is 0 Å². The summed E-state index contributed by atoms with van der Waals surface area (Å²) in [7, 11) is 0. The zero-order valence-electron chi connectivity index (χ0n) is 9.25. The van der Waals surface area contributed by atoms with Crippen molar-refractivity contribution in [2.75, 3.05) is 13.2 Å². The van der Waals surface area contributed by atoms with E-state index < -0.39 is 6.09 Å². The number of hydrogen-bond acceptors (Lipinski definition) is 3. The molecule has 1 amide bonds. The average molecular weight is 203 g/mol. The Hall–Kier alpha value is -0.770. The van der Waals surface area contributed by atoms with E-state index in [4.69, 9.17) is 5.11 Å². The molecule has 0 aromatic rings. The maximum Gasteiger partial charge on any atom is 0.407 e. The van der Waals surface area contributed by atoms with E-state index >= 15 is 0 Å². The van der Waals surface area contributed by atoms with Crippen molar-refractivity contribution in [2.45, 2.75) is 39.7 Å². The molecule has 0 aliphatic heterocycles. The Bertz CT molecular complexity index is 159. The summed E-state index contributed by atoms with van der Waals surface area (Å²) < 4.78 is 4.67. The van der Waals surface area contributed by atoms with Gasteiger partial charge >= 0.3 is 6.09 Å². The minimum absolute atomic E-state index is 0.0583. The molecule has 0 saturated heterocycles. The predicted octanol–water partition coefficient (Wildman–Crippen LogP) is 1.53. The van der Waals surface area contributed by atoms with Gasteiger partial charge in [-0.3, -0.25) is 0 Å². The summed E-state index contributed by atoms with van der Waals surface area (Å²) >= 11 is 0. The zero-order chi connectivity index (χ0) is 11.0. The number of carbonyl (C=O) groups is 1. The number of aliphatic hydroxyl groups excluding tert-OH is 1. The molecule has 0 spiro atoms. The summed E-state index contributed by atoms with van der Waals surface area (Å²) in [6.07, 6.45) is 1.59. The van der Waals surface area contributed by atoms with Crippen molar-refractivity contribution < 1.29 is 14.6 Å². The molecule has 84 valence electrons. The van der Waals surface area contributed by atoms with Gasteiger partial charge in [0, 0.05) is 6.04 Å². The molecular weight excluding hydrogens is 182 g/mol. The molecule has 1 atom stereocenters. The van der Waals surface area contributed by atoms with Gasteiger partial charge < -0.3 is 15.2 Å². The molecule has 0 aromatic carbocycles. The molecule has 2 N–H and O–H groups in total. The van der Waals surface area contributed by atoms with E-state index in [1.165, 1.54) is 0 Å². The number of carbonyl (C=O) groups excluding carboxylic acids is 1. The van der Waals surface area contributed by atoms with E-state index in [9.17, 15) is 4.79 Å². The molecule has 0 aliphatic carbocycles. The van der Waals surface area contributed by atoms with Crippen LogP contribution < -0.4 is 5.32 Å².